The maximum atomic E-state index is 10.8. The van der Waals surface area contributed by atoms with Crippen molar-refractivity contribution in [3.63, 3.8) is 0 Å². The number of furan rings is 1. The Labute approximate surface area is 93.3 Å². The van der Waals surface area contributed by atoms with Gasteiger partial charge in [-0.15, -0.1) is 0 Å². The second kappa shape index (κ2) is 4.66. The zero-order valence-corrected chi connectivity index (χ0v) is 8.67. The van der Waals surface area contributed by atoms with Crippen LogP contribution in [0, 0.1) is 0 Å². The minimum atomic E-state index is -0.828. The minimum Gasteiger partial charge on any atom is -0.481 e. The van der Waals surface area contributed by atoms with Crippen LogP contribution in [0.15, 0.2) is 53.1 Å². The van der Waals surface area contributed by atoms with Crippen molar-refractivity contribution in [2.45, 2.75) is 12.3 Å². The van der Waals surface area contributed by atoms with Crippen molar-refractivity contribution >= 4 is 5.97 Å². The van der Waals surface area contributed by atoms with Crippen LogP contribution in [0.3, 0.4) is 0 Å². The zero-order chi connectivity index (χ0) is 11.4. The summed E-state index contributed by atoms with van der Waals surface area (Å²) >= 11 is 0. The van der Waals surface area contributed by atoms with Gasteiger partial charge >= 0.3 is 5.97 Å². The van der Waals surface area contributed by atoms with Gasteiger partial charge in [-0.05, 0) is 17.7 Å². The summed E-state index contributed by atoms with van der Waals surface area (Å²) in [6.45, 7) is 0. The Morgan fingerprint density at radius 2 is 1.94 bits per heavy atom. The molecule has 82 valence electrons. The van der Waals surface area contributed by atoms with Gasteiger partial charge < -0.3 is 9.52 Å². The van der Waals surface area contributed by atoms with Crippen molar-refractivity contribution in [1.29, 1.82) is 0 Å². The van der Waals surface area contributed by atoms with Gasteiger partial charge in [0, 0.05) is 0 Å². The second-order valence-electron chi connectivity index (χ2n) is 3.58. The smallest absolute Gasteiger partial charge is 0.304 e. The molecule has 2 aromatic rings. The van der Waals surface area contributed by atoms with Crippen LogP contribution in [0.1, 0.15) is 23.7 Å². The monoisotopic (exact) mass is 216 g/mol. The molecule has 0 aliphatic rings. The third-order valence-electron chi connectivity index (χ3n) is 2.47. The van der Waals surface area contributed by atoms with Crippen LogP contribution >= 0.6 is 0 Å². The Kier molecular flexibility index (Phi) is 3.05. The predicted octanol–water partition coefficient (Wildman–Crippen LogP) is 2.89. The lowest BCUT2D eigenvalue weighted by molar-refractivity contribution is -0.137. The van der Waals surface area contributed by atoms with Crippen LogP contribution in [0.4, 0.5) is 0 Å². The predicted molar refractivity (Wildman–Crippen MR) is 59.2 cm³/mol. The van der Waals surface area contributed by atoms with Gasteiger partial charge in [-0.1, -0.05) is 30.3 Å². The van der Waals surface area contributed by atoms with E-state index in [0.29, 0.717) is 5.76 Å². The molecule has 0 bridgehead atoms. The normalized spacial score (nSPS) is 12.2. The first kappa shape index (κ1) is 10.5. The molecule has 1 atom stereocenters. The summed E-state index contributed by atoms with van der Waals surface area (Å²) in [5.74, 6) is -0.354. The zero-order valence-electron chi connectivity index (χ0n) is 8.67. The van der Waals surface area contributed by atoms with Crippen molar-refractivity contribution in [2.24, 2.45) is 0 Å². The highest BCUT2D eigenvalue weighted by Crippen LogP contribution is 2.27. The number of hydrogen-bond acceptors (Lipinski definition) is 2. The number of hydrogen-bond donors (Lipinski definition) is 1. The van der Waals surface area contributed by atoms with E-state index in [1.165, 1.54) is 0 Å². The van der Waals surface area contributed by atoms with Crippen LogP contribution in [-0.4, -0.2) is 11.1 Å². The van der Waals surface area contributed by atoms with E-state index < -0.39 is 5.97 Å². The Hall–Kier alpha value is -2.03. The lowest BCUT2D eigenvalue weighted by Crippen LogP contribution is -2.06. The summed E-state index contributed by atoms with van der Waals surface area (Å²) in [4.78, 5) is 10.8. The molecule has 0 amide bonds. The Morgan fingerprint density at radius 1 is 1.19 bits per heavy atom. The van der Waals surface area contributed by atoms with Crippen LogP contribution in [0.5, 0.6) is 0 Å². The van der Waals surface area contributed by atoms with E-state index >= 15 is 0 Å². The first-order chi connectivity index (χ1) is 7.77. The SMILES string of the molecule is O=C(O)C[C@@H](c1ccccc1)c1ccco1. The van der Waals surface area contributed by atoms with Crippen LogP contribution in [0.25, 0.3) is 0 Å². The Bertz CT molecular complexity index is 445. The molecule has 1 aromatic carbocycles. The lowest BCUT2D eigenvalue weighted by Gasteiger charge is -2.12. The molecular weight excluding hydrogens is 204 g/mol. The highest BCUT2D eigenvalue weighted by atomic mass is 16.4. The fourth-order valence-corrected chi connectivity index (χ4v) is 1.73. The van der Waals surface area contributed by atoms with Crippen molar-refractivity contribution in [3.8, 4) is 0 Å². The molecule has 16 heavy (non-hydrogen) atoms. The van der Waals surface area contributed by atoms with Crippen LogP contribution < -0.4 is 0 Å². The van der Waals surface area contributed by atoms with Gasteiger partial charge in [0.1, 0.15) is 5.76 Å². The van der Waals surface area contributed by atoms with Gasteiger partial charge in [0.25, 0.3) is 0 Å². The summed E-state index contributed by atoms with van der Waals surface area (Å²) in [6.07, 6.45) is 1.60. The molecular formula is C13H12O3. The quantitative estimate of drug-likeness (QED) is 0.854. The van der Waals surface area contributed by atoms with Crippen molar-refractivity contribution < 1.29 is 14.3 Å². The number of carboxylic acid groups (broad SMARTS) is 1. The molecule has 1 aromatic heterocycles. The van der Waals surface area contributed by atoms with Crippen molar-refractivity contribution in [2.75, 3.05) is 0 Å². The first-order valence-electron chi connectivity index (χ1n) is 5.07. The van der Waals surface area contributed by atoms with Gasteiger partial charge in [0.05, 0.1) is 18.6 Å². The Morgan fingerprint density at radius 3 is 2.50 bits per heavy atom. The van der Waals surface area contributed by atoms with Crippen molar-refractivity contribution in [3.05, 3.63) is 60.1 Å². The largest absolute Gasteiger partial charge is 0.481 e. The minimum absolute atomic E-state index is 0.0392. The highest BCUT2D eigenvalue weighted by Gasteiger charge is 2.19. The second-order valence-corrected chi connectivity index (χ2v) is 3.58. The highest BCUT2D eigenvalue weighted by molar-refractivity contribution is 5.68. The summed E-state index contributed by atoms with van der Waals surface area (Å²) in [6, 6.07) is 13.1. The van der Waals surface area contributed by atoms with Gasteiger partial charge in [-0.25, -0.2) is 0 Å². The van der Waals surface area contributed by atoms with E-state index in [0.717, 1.165) is 5.56 Å². The topological polar surface area (TPSA) is 50.4 Å². The van der Waals surface area contributed by atoms with Crippen LogP contribution in [0.2, 0.25) is 0 Å². The van der Waals surface area contributed by atoms with E-state index in [-0.39, 0.29) is 12.3 Å². The summed E-state index contributed by atoms with van der Waals surface area (Å²) in [5, 5.41) is 8.90. The van der Waals surface area contributed by atoms with E-state index in [9.17, 15) is 4.79 Å². The molecule has 0 unspecified atom stereocenters. The molecule has 3 nitrogen and oxygen atoms in total. The average Bonchev–Trinajstić information content (AvgIpc) is 2.80. The van der Waals surface area contributed by atoms with E-state index in [1.807, 2.05) is 30.3 Å². The standard InChI is InChI=1S/C13H12O3/c14-13(15)9-11(12-7-4-8-16-12)10-5-2-1-3-6-10/h1-8,11H,9H2,(H,14,15)/t11-/m0/s1. The number of carbonyl (C=O) groups is 1. The Balaban J connectivity index is 2.32. The molecule has 1 heterocycles. The molecule has 0 aliphatic carbocycles. The molecule has 0 aliphatic heterocycles. The molecule has 0 spiro atoms. The number of aliphatic carboxylic acids is 1. The van der Waals surface area contributed by atoms with Crippen LogP contribution in [-0.2, 0) is 4.79 Å². The maximum Gasteiger partial charge on any atom is 0.304 e. The molecule has 0 radical (unpaired) electrons. The first-order valence-corrected chi connectivity index (χ1v) is 5.07. The van der Waals surface area contributed by atoms with Gasteiger partial charge in [-0.2, -0.15) is 0 Å². The maximum absolute atomic E-state index is 10.8. The number of carboxylic acids is 1. The number of rotatable bonds is 4. The van der Waals surface area contributed by atoms with E-state index in [2.05, 4.69) is 0 Å². The molecule has 1 N–H and O–H groups in total. The van der Waals surface area contributed by atoms with Crippen molar-refractivity contribution in [1.82, 2.24) is 0 Å². The van der Waals surface area contributed by atoms with E-state index in [4.69, 9.17) is 9.52 Å². The van der Waals surface area contributed by atoms with Gasteiger partial charge in [-0.3, -0.25) is 4.79 Å². The molecule has 0 saturated carbocycles. The molecule has 0 fully saturated rings. The molecule has 3 heteroatoms. The molecule has 2 rings (SSSR count). The molecule has 0 saturated heterocycles. The average molecular weight is 216 g/mol. The van der Waals surface area contributed by atoms with E-state index in [1.54, 1.807) is 18.4 Å². The summed E-state index contributed by atoms with van der Waals surface area (Å²) < 4.78 is 5.29. The fraction of sp³-hybridized carbons (Fsp3) is 0.154. The third kappa shape index (κ3) is 2.31. The lowest BCUT2D eigenvalue weighted by atomic mass is 9.93. The number of benzene rings is 1. The third-order valence-corrected chi connectivity index (χ3v) is 2.47. The van der Waals surface area contributed by atoms with Gasteiger partial charge in [0.15, 0.2) is 0 Å². The van der Waals surface area contributed by atoms with Gasteiger partial charge in [0.2, 0.25) is 0 Å². The summed E-state index contributed by atoms with van der Waals surface area (Å²) in [7, 11) is 0. The summed E-state index contributed by atoms with van der Waals surface area (Å²) in [5.41, 5.74) is 0.958. The fourth-order valence-electron chi connectivity index (χ4n) is 1.73.